The molecule has 0 heterocycles. The van der Waals surface area contributed by atoms with Gasteiger partial charge in [0, 0.05) is 0 Å². The van der Waals surface area contributed by atoms with Crippen LogP contribution in [-0.2, 0) is 0 Å². The molecule has 1 aliphatic carbocycles. The van der Waals surface area contributed by atoms with Crippen LogP contribution < -0.4 is 0 Å². The summed E-state index contributed by atoms with van der Waals surface area (Å²) in [6.07, 6.45) is 5.28. The van der Waals surface area contributed by atoms with Crippen molar-refractivity contribution in [1.29, 1.82) is 0 Å². The Balaban J connectivity index is 2.68. The quantitative estimate of drug-likeness (QED) is 0.569. The van der Waals surface area contributed by atoms with E-state index in [1.165, 1.54) is 31.3 Å². The monoisotopic (exact) mass is 208 g/mol. The minimum atomic E-state index is 0.463. The zero-order valence-electron chi connectivity index (χ0n) is 11.3. The molecule has 1 aliphatic rings. The molecule has 0 amide bonds. The Bertz CT molecular complexity index is 222. The second-order valence-electron chi connectivity index (χ2n) is 6.44. The van der Waals surface area contributed by atoms with Crippen molar-refractivity contribution in [2.24, 2.45) is 23.2 Å². The van der Waals surface area contributed by atoms with Crippen molar-refractivity contribution >= 4 is 0 Å². The molecule has 88 valence electrons. The molecular weight excluding hydrogens is 180 g/mol. The van der Waals surface area contributed by atoms with Gasteiger partial charge in [-0.05, 0) is 42.4 Å². The highest BCUT2D eigenvalue weighted by Crippen LogP contribution is 2.49. The molecule has 0 aromatic rings. The summed E-state index contributed by atoms with van der Waals surface area (Å²) in [6, 6.07) is 0. The van der Waals surface area contributed by atoms with Crippen molar-refractivity contribution in [2.75, 3.05) is 0 Å². The highest BCUT2D eigenvalue weighted by atomic mass is 14.4. The summed E-state index contributed by atoms with van der Waals surface area (Å²) < 4.78 is 0. The smallest absolute Gasteiger partial charge is 0.0152 e. The Labute approximate surface area is 96.2 Å². The lowest BCUT2D eigenvalue weighted by atomic mass is 9.60. The van der Waals surface area contributed by atoms with Gasteiger partial charge in [-0.15, -0.1) is 0 Å². The standard InChI is InChI=1S/C15H28/c1-11(2)7-10-14-12(3)8-9-13(4)15(14,5)6/h11,13-14H,3,7-10H2,1-2,4-6H3. The molecule has 0 aromatic carbocycles. The molecule has 1 saturated carbocycles. The van der Waals surface area contributed by atoms with Crippen molar-refractivity contribution < 1.29 is 0 Å². The molecule has 15 heavy (non-hydrogen) atoms. The number of rotatable bonds is 3. The van der Waals surface area contributed by atoms with Gasteiger partial charge in [-0.1, -0.05) is 53.2 Å². The zero-order valence-corrected chi connectivity index (χ0v) is 11.3. The fraction of sp³-hybridized carbons (Fsp3) is 0.867. The maximum absolute atomic E-state index is 4.30. The maximum atomic E-state index is 4.30. The van der Waals surface area contributed by atoms with Gasteiger partial charge in [0.15, 0.2) is 0 Å². The van der Waals surface area contributed by atoms with Crippen LogP contribution in [0.1, 0.15) is 60.3 Å². The number of allylic oxidation sites excluding steroid dienone is 1. The summed E-state index contributed by atoms with van der Waals surface area (Å²) >= 11 is 0. The van der Waals surface area contributed by atoms with Crippen molar-refractivity contribution in [2.45, 2.75) is 60.3 Å². The van der Waals surface area contributed by atoms with Crippen molar-refractivity contribution in [3.63, 3.8) is 0 Å². The second kappa shape index (κ2) is 4.72. The third-order valence-electron chi connectivity index (χ3n) is 4.59. The summed E-state index contributed by atoms with van der Waals surface area (Å²) in [6.45, 7) is 16.2. The molecule has 0 aromatic heterocycles. The molecule has 2 atom stereocenters. The highest BCUT2D eigenvalue weighted by Gasteiger charge is 2.39. The van der Waals surface area contributed by atoms with Crippen LogP contribution in [0.2, 0.25) is 0 Å². The summed E-state index contributed by atoms with van der Waals surface area (Å²) in [5.74, 6) is 2.43. The van der Waals surface area contributed by atoms with Crippen LogP contribution in [0.3, 0.4) is 0 Å². The van der Waals surface area contributed by atoms with E-state index >= 15 is 0 Å². The van der Waals surface area contributed by atoms with Crippen LogP contribution >= 0.6 is 0 Å². The molecule has 0 spiro atoms. The van der Waals surface area contributed by atoms with E-state index in [0.717, 1.165) is 17.8 Å². The average molecular weight is 208 g/mol. The third-order valence-corrected chi connectivity index (χ3v) is 4.59. The molecule has 0 aliphatic heterocycles. The minimum Gasteiger partial charge on any atom is -0.0996 e. The lowest BCUT2D eigenvalue weighted by Crippen LogP contribution is -2.36. The molecule has 1 fully saturated rings. The first kappa shape index (κ1) is 12.8. The Kier molecular flexibility index (Phi) is 4.03. The van der Waals surface area contributed by atoms with Crippen LogP contribution in [0.25, 0.3) is 0 Å². The van der Waals surface area contributed by atoms with Gasteiger partial charge >= 0.3 is 0 Å². The van der Waals surface area contributed by atoms with Crippen LogP contribution in [0.5, 0.6) is 0 Å². The predicted molar refractivity (Wildman–Crippen MR) is 68.9 cm³/mol. The number of hydrogen-bond acceptors (Lipinski definition) is 0. The van der Waals surface area contributed by atoms with Crippen molar-refractivity contribution in [3.8, 4) is 0 Å². The topological polar surface area (TPSA) is 0 Å². The third kappa shape index (κ3) is 2.86. The van der Waals surface area contributed by atoms with Gasteiger partial charge in [-0.3, -0.25) is 0 Å². The molecule has 0 N–H and O–H groups in total. The molecule has 0 nitrogen and oxygen atoms in total. The van der Waals surface area contributed by atoms with Gasteiger partial charge in [0.25, 0.3) is 0 Å². The van der Waals surface area contributed by atoms with Crippen molar-refractivity contribution in [3.05, 3.63) is 12.2 Å². The molecule has 2 unspecified atom stereocenters. The first-order chi connectivity index (χ1) is 6.85. The molecule has 1 rings (SSSR count). The van der Waals surface area contributed by atoms with E-state index in [2.05, 4.69) is 41.2 Å². The van der Waals surface area contributed by atoms with E-state index in [4.69, 9.17) is 0 Å². The minimum absolute atomic E-state index is 0.463. The van der Waals surface area contributed by atoms with Crippen LogP contribution in [0.15, 0.2) is 12.2 Å². The van der Waals surface area contributed by atoms with Crippen LogP contribution in [0, 0.1) is 23.2 Å². The van der Waals surface area contributed by atoms with Crippen LogP contribution in [-0.4, -0.2) is 0 Å². The predicted octanol–water partition coefficient (Wildman–Crippen LogP) is 5.05. The normalized spacial score (nSPS) is 30.9. The van der Waals surface area contributed by atoms with Crippen molar-refractivity contribution in [1.82, 2.24) is 0 Å². The largest absolute Gasteiger partial charge is 0.0996 e. The zero-order chi connectivity index (χ0) is 11.6. The molecule has 0 radical (unpaired) electrons. The summed E-state index contributed by atoms with van der Waals surface area (Å²) in [7, 11) is 0. The van der Waals surface area contributed by atoms with E-state index in [1.807, 2.05) is 0 Å². The lowest BCUT2D eigenvalue weighted by Gasteiger charge is -2.45. The summed E-state index contributed by atoms with van der Waals surface area (Å²) in [5, 5.41) is 0. The average Bonchev–Trinajstić information content (AvgIpc) is 2.11. The van der Waals surface area contributed by atoms with E-state index < -0.39 is 0 Å². The van der Waals surface area contributed by atoms with E-state index in [1.54, 1.807) is 0 Å². The fourth-order valence-corrected chi connectivity index (χ4v) is 2.89. The Hall–Kier alpha value is -0.260. The number of hydrogen-bond donors (Lipinski definition) is 0. The Morgan fingerprint density at radius 1 is 1.40 bits per heavy atom. The van der Waals surface area contributed by atoms with Gasteiger partial charge in [0.1, 0.15) is 0 Å². The van der Waals surface area contributed by atoms with Gasteiger partial charge in [-0.2, -0.15) is 0 Å². The molecule has 0 bridgehead atoms. The molecule has 0 saturated heterocycles. The lowest BCUT2D eigenvalue weighted by molar-refractivity contribution is 0.102. The first-order valence-electron chi connectivity index (χ1n) is 6.53. The molecule has 0 heteroatoms. The Morgan fingerprint density at radius 2 is 2.00 bits per heavy atom. The van der Waals surface area contributed by atoms with Gasteiger partial charge in [-0.25, -0.2) is 0 Å². The summed E-state index contributed by atoms with van der Waals surface area (Å²) in [4.78, 5) is 0. The maximum Gasteiger partial charge on any atom is -0.0152 e. The second-order valence-corrected chi connectivity index (χ2v) is 6.44. The molecular formula is C15H28. The van der Waals surface area contributed by atoms with Gasteiger partial charge < -0.3 is 0 Å². The van der Waals surface area contributed by atoms with Gasteiger partial charge in [0.2, 0.25) is 0 Å². The highest BCUT2D eigenvalue weighted by molar-refractivity contribution is 5.10. The van der Waals surface area contributed by atoms with Crippen LogP contribution in [0.4, 0.5) is 0 Å². The SMILES string of the molecule is C=C1CCC(C)C(C)(C)C1CCC(C)C. The van der Waals surface area contributed by atoms with E-state index in [-0.39, 0.29) is 0 Å². The summed E-state index contributed by atoms with van der Waals surface area (Å²) in [5.41, 5.74) is 1.98. The Morgan fingerprint density at radius 3 is 2.53 bits per heavy atom. The van der Waals surface area contributed by atoms with Gasteiger partial charge in [0.05, 0.1) is 0 Å². The van der Waals surface area contributed by atoms with E-state index in [0.29, 0.717) is 5.41 Å². The van der Waals surface area contributed by atoms with E-state index in [9.17, 15) is 0 Å². The first-order valence-corrected chi connectivity index (χ1v) is 6.53. The fourth-order valence-electron chi connectivity index (χ4n) is 2.89.